The normalized spacial score (nSPS) is 16.3. The Morgan fingerprint density at radius 1 is 1.21 bits per heavy atom. The molecule has 0 saturated carbocycles. The van der Waals surface area contributed by atoms with E-state index in [1.54, 1.807) is 6.20 Å². The van der Waals surface area contributed by atoms with Crippen LogP contribution in [0.5, 0.6) is 0 Å². The summed E-state index contributed by atoms with van der Waals surface area (Å²) in [5.41, 5.74) is 4.03. The van der Waals surface area contributed by atoms with Crippen LogP contribution in [0.15, 0.2) is 42.9 Å². The maximum atomic E-state index is 8.84. The summed E-state index contributed by atoms with van der Waals surface area (Å²) in [5, 5.41) is 10.1. The van der Waals surface area contributed by atoms with Crippen LogP contribution in [0.25, 0.3) is 11.0 Å². The van der Waals surface area contributed by atoms with Gasteiger partial charge in [-0.2, -0.15) is 5.26 Å². The van der Waals surface area contributed by atoms with Gasteiger partial charge in [0.05, 0.1) is 11.3 Å². The van der Waals surface area contributed by atoms with Crippen molar-refractivity contribution in [1.29, 1.82) is 5.26 Å². The number of hydrogen-bond donors (Lipinski definition) is 1. The summed E-state index contributed by atoms with van der Waals surface area (Å²) < 4.78 is 0. The number of hydrogen-bond acceptors (Lipinski definition) is 4. The maximum absolute atomic E-state index is 8.84. The standard InChI is InChI=1S/C19H19N5/c20-10-14-3-4-16(22-11-14)13-24-8-5-15(6-9-24)18-12-23-19-17(18)2-1-7-21-19/h1-4,7,11-12,15H,5-6,8-9,13H2,(H,21,23). The first-order chi connectivity index (χ1) is 11.8. The van der Waals surface area contributed by atoms with E-state index in [1.807, 2.05) is 24.4 Å². The molecule has 1 aliphatic rings. The Labute approximate surface area is 141 Å². The number of nitriles is 1. The Kier molecular flexibility index (Phi) is 3.97. The average molecular weight is 317 g/mol. The third kappa shape index (κ3) is 2.89. The fraction of sp³-hybridized carbons (Fsp3) is 0.316. The third-order valence-electron chi connectivity index (χ3n) is 4.85. The fourth-order valence-electron chi connectivity index (χ4n) is 3.53. The van der Waals surface area contributed by atoms with Crippen molar-refractivity contribution in [3.63, 3.8) is 0 Å². The Bertz CT molecular complexity index is 867. The molecule has 1 saturated heterocycles. The van der Waals surface area contributed by atoms with Gasteiger partial charge >= 0.3 is 0 Å². The topological polar surface area (TPSA) is 68.6 Å². The van der Waals surface area contributed by atoms with Gasteiger partial charge in [-0.1, -0.05) is 0 Å². The molecule has 0 radical (unpaired) electrons. The number of nitrogens with one attached hydrogen (secondary N) is 1. The van der Waals surface area contributed by atoms with Crippen molar-refractivity contribution < 1.29 is 0 Å². The summed E-state index contributed by atoms with van der Waals surface area (Å²) in [6, 6.07) is 10.1. The third-order valence-corrected chi connectivity index (χ3v) is 4.85. The van der Waals surface area contributed by atoms with Crippen molar-refractivity contribution in [1.82, 2.24) is 19.9 Å². The highest BCUT2D eigenvalue weighted by atomic mass is 15.1. The second-order valence-electron chi connectivity index (χ2n) is 6.34. The maximum Gasteiger partial charge on any atom is 0.137 e. The number of pyridine rings is 2. The number of nitrogens with zero attached hydrogens (tertiary/aromatic N) is 4. The largest absolute Gasteiger partial charge is 0.346 e. The van der Waals surface area contributed by atoms with Crippen molar-refractivity contribution in [3.8, 4) is 6.07 Å². The van der Waals surface area contributed by atoms with Crippen molar-refractivity contribution >= 4 is 11.0 Å². The molecule has 120 valence electrons. The first kappa shape index (κ1) is 14.9. The lowest BCUT2D eigenvalue weighted by Gasteiger charge is -2.31. The molecule has 0 atom stereocenters. The van der Waals surface area contributed by atoms with E-state index in [4.69, 9.17) is 5.26 Å². The summed E-state index contributed by atoms with van der Waals surface area (Å²) in [6.07, 6.45) is 7.91. The highest BCUT2D eigenvalue weighted by Crippen LogP contribution is 2.32. The molecular formula is C19H19N5. The van der Waals surface area contributed by atoms with Crippen molar-refractivity contribution in [2.24, 2.45) is 0 Å². The first-order valence-electron chi connectivity index (χ1n) is 8.33. The number of aromatic nitrogens is 3. The highest BCUT2D eigenvalue weighted by Gasteiger charge is 2.23. The van der Waals surface area contributed by atoms with Gasteiger partial charge in [0.15, 0.2) is 0 Å². The lowest BCUT2D eigenvalue weighted by molar-refractivity contribution is 0.203. The van der Waals surface area contributed by atoms with Crippen molar-refractivity contribution in [3.05, 3.63) is 59.7 Å². The number of likely N-dealkylation sites (tertiary alicyclic amines) is 1. The smallest absolute Gasteiger partial charge is 0.137 e. The van der Waals surface area contributed by atoms with E-state index in [-0.39, 0.29) is 0 Å². The molecule has 0 aliphatic carbocycles. The van der Waals surface area contributed by atoms with E-state index in [2.05, 4.69) is 38.2 Å². The Hall–Kier alpha value is -2.71. The predicted molar refractivity (Wildman–Crippen MR) is 92.3 cm³/mol. The van der Waals surface area contributed by atoms with Crippen LogP contribution >= 0.6 is 0 Å². The van der Waals surface area contributed by atoms with Gasteiger partial charge in [0.1, 0.15) is 11.7 Å². The summed E-state index contributed by atoms with van der Waals surface area (Å²) in [6.45, 7) is 2.99. The van der Waals surface area contributed by atoms with E-state index in [0.717, 1.165) is 43.8 Å². The summed E-state index contributed by atoms with van der Waals surface area (Å²) in [4.78, 5) is 14.5. The van der Waals surface area contributed by atoms with Crippen LogP contribution in [0.4, 0.5) is 0 Å². The molecule has 0 spiro atoms. The van der Waals surface area contributed by atoms with Crippen LogP contribution in [-0.2, 0) is 6.54 Å². The molecule has 0 amide bonds. The van der Waals surface area contributed by atoms with Gasteiger partial charge in [0, 0.05) is 30.5 Å². The molecule has 0 bridgehead atoms. The molecule has 4 heterocycles. The molecule has 3 aromatic heterocycles. The van der Waals surface area contributed by atoms with Gasteiger partial charge in [-0.25, -0.2) is 4.98 Å². The minimum Gasteiger partial charge on any atom is -0.346 e. The molecule has 0 unspecified atom stereocenters. The zero-order chi connectivity index (χ0) is 16.4. The molecule has 5 nitrogen and oxygen atoms in total. The number of fused-ring (bicyclic) bond motifs is 1. The van der Waals surface area contributed by atoms with Crippen LogP contribution in [0.1, 0.15) is 35.6 Å². The molecular weight excluding hydrogens is 298 g/mol. The first-order valence-corrected chi connectivity index (χ1v) is 8.33. The van der Waals surface area contributed by atoms with Crippen LogP contribution < -0.4 is 0 Å². The van der Waals surface area contributed by atoms with Gasteiger partial charge in [-0.05, 0) is 61.7 Å². The molecule has 1 N–H and O–H groups in total. The second-order valence-corrected chi connectivity index (χ2v) is 6.34. The molecule has 1 aliphatic heterocycles. The van der Waals surface area contributed by atoms with Crippen LogP contribution in [0.2, 0.25) is 0 Å². The number of H-pyrrole nitrogens is 1. The molecule has 24 heavy (non-hydrogen) atoms. The number of piperidine rings is 1. The average Bonchev–Trinajstić information content (AvgIpc) is 3.07. The summed E-state index contributed by atoms with van der Waals surface area (Å²) in [7, 11) is 0. The van der Waals surface area contributed by atoms with Gasteiger partial charge in [-0.15, -0.1) is 0 Å². The minimum atomic E-state index is 0.591. The lowest BCUT2D eigenvalue weighted by Crippen LogP contribution is -2.32. The summed E-state index contributed by atoms with van der Waals surface area (Å²) in [5.74, 6) is 0.591. The van der Waals surface area contributed by atoms with Gasteiger partial charge in [0.25, 0.3) is 0 Å². The van der Waals surface area contributed by atoms with Crippen molar-refractivity contribution in [2.75, 3.05) is 13.1 Å². The zero-order valence-corrected chi connectivity index (χ0v) is 13.4. The Balaban J connectivity index is 1.40. The van der Waals surface area contributed by atoms with Crippen LogP contribution in [-0.4, -0.2) is 32.9 Å². The van der Waals surface area contributed by atoms with Gasteiger partial charge < -0.3 is 4.98 Å². The zero-order valence-electron chi connectivity index (χ0n) is 13.4. The Morgan fingerprint density at radius 2 is 2.08 bits per heavy atom. The van der Waals surface area contributed by atoms with E-state index in [1.165, 1.54) is 10.9 Å². The number of rotatable bonds is 3. The Morgan fingerprint density at radius 3 is 2.83 bits per heavy atom. The molecule has 5 heteroatoms. The predicted octanol–water partition coefficient (Wildman–Crippen LogP) is 3.21. The van der Waals surface area contributed by atoms with Gasteiger partial charge in [-0.3, -0.25) is 9.88 Å². The molecule has 4 rings (SSSR count). The SMILES string of the molecule is N#Cc1ccc(CN2CCC(c3c[nH]c4ncccc34)CC2)nc1. The van der Waals surface area contributed by atoms with E-state index in [0.29, 0.717) is 11.5 Å². The van der Waals surface area contributed by atoms with Gasteiger partial charge in [0.2, 0.25) is 0 Å². The number of aromatic amines is 1. The van der Waals surface area contributed by atoms with E-state index < -0.39 is 0 Å². The second kappa shape index (κ2) is 6.42. The molecule has 3 aromatic rings. The fourth-order valence-corrected chi connectivity index (χ4v) is 3.53. The molecule has 0 aromatic carbocycles. The van der Waals surface area contributed by atoms with E-state index in [9.17, 15) is 0 Å². The quantitative estimate of drug-likeness (QED) is 0.805. The molecule has 1 fully saturated rings. The monoisotopic (exact) mass is 317 g/mol. The lowest BCUT2D eigenvalue weighted by atomic mass is 9.89. The summed E-state index contributed by atoms with van der Waals surface area (Å²) >= 11 is 0. The highest BCUT2D eigenvalue weighted by molar-refractivity contribution is 5.80. The van der Waals surface area contributed by atoms with Crippen LogP contribution in [0.3, 0.4) is 0 Å². The minimum absolute atomic E-state index is 0.591. The van der Waals surface area contributed by atoms with Crippen LogP contribution in [0, 0.1) is 11.3 Å². The van der Waals surface area contributed by atoms with E-state index >= 15 is 0 Å². The van der Waals surface area contributed by atoms with Crippen molar-refractivity contribution in [2.45, 2.75) is 25.3 Å².